The highest BCUT2D eigenvalue weighted by molar-refractivity contribution is 5.68. The molecule has 0 atom stereocenters. The summed E-state index contributed by atoms with van der Waals surface area (Å²) < 4.78 is 0. The highest BCUT2D eigenvalue weighted by atomic mass is 16.4. The molecule has 0 aliphatic heterocycles. The van der Waals surface area contributed by atoms with Crippen molar-refractivity contribution in [3.8, 4) is 0 Å². The zero-order chi connectivity index (χ0) is 8.53. The Bertz CT molecular complexity index is 123. The molecule has 0 spiro atoms. The van der Waals surface area contributed by atoms with E-state index in [1.54, 1.807) is 0 Å². The van der Waals surface area contributed by atoms with Crippen LogP contribution in [0.1, 0.15) is 19.3 Å². The molecule has 0 unspecified atom stereocenters. The van der Waals surface area contributed by atoms with Crippen LogP contribution >= 0.6 is 0 Å². The lowest BCUT2D eigenvalue weighted by atomic mass is 10.2. The van der Waals surface area contributed by atoms with Crippen molar-refractivity contribution in [3.63, 3.8) is 0 Å². The summed E-state index contributed by atoms with van der Waals surface area (Å²) in [5.41, 5.74) is 0. The first-order valence-corrected chi connectivity index (χ1v) is 3.80. The Labute approximate surface area is 67.1 Å². The third kappa shape index (κ3) is 9.17. The summed E-state index contributed by atoms with van der Waals surface area (Å²) in [6, 6.07) is 0. The van der Waals surface area contributed by atoms with Crippen molar-refractivity contribution in [1.82, 2.24) is 5.32 Å². The molecule has 0 heterocycles. The van der Waals surface area contributed by atoms with Gasteiger partial charge in [0.25, 0.3) is 0 Å². The molecule has 0 saturated carbocycles. The molecule has 0 aliphatic rings. The molecule has 0 aromatic heterocycles. The van der Waals surface area contributed by atoms with E-state index in [2.05, 4.69) is 11.9 Å². The summed E-state index contributed by atoms with van der Waals surface area (Å²) >= 11 is 0. The zero-order valence-electron chi connectivity index (χ0n) is 6.68. The van der Waals surface area contributed by atoms with Gasteiger partial charge >= 0.3 is 5.97 Å². The van der Waals surface area contributed by atoms with Gasteiger partial charge in [0, 0.05) is 0 Å². The van der Waals surface area contributed by atoms with Gasteiger partial charge in [0.15, 0.2) is 0 Å². The highest BCUT2D eigenvalue weighted by Gasteiger charge is 1.93. The number of aliphatic carboxylic acids is 1. The van der Waals surface area contributed by atoms with E-state index in [4.69, 9.17) is 5.11 Å². The van der Waals surface area contributed by atoms with Crippen LogP contribution in [0.5, 0.6) is 0 Å². The zero-order valence-corrected chi connectivity index (χ0v) is 6.68. The third-order valence-electron chi connectivity index (χ3n) is 1.29. The largest absolute Gasteiger partial charge is 0.480 e. The first-order valence-electron chi connectivity index (χ1n) is 3.80. The monoisotopic (exact) mass is 157 g/mol. The van der Waals surface area contributed by atoms with E-state index in [-0.39, 0.29) is 6.54 Å². The summed E-state index contributed by atoms with van der Waals surface area (Å²) in [5.74, 6) is -0.797. The SMILES string of the molecule is C=CCCCCNCC(=O)O. The topological polar surface area (TPSA) is 49.3 Å². The van der Waals surface area contributed by atoms with Crippen LogP contribution in [0.4, 0.5) is 0 Å². The van der Waals surface area contributed by atoms with E-state index in [9.17, 15) is 4.79 Å². The molecule has 2 N–H and O–H groups in total. The van der Waals surface area contributed by atoms with Crippen LogP contribution in [-0.2, 0) is 4.79 Å². The summed E-state index contributed by atoms with van der Waals surface area (Å²) in [4.78, 5) is 10.0. The van der Waals surface area contributed by atoms with E-state index in [1.165, 1.54) is 0 Å². The second-order valence-electron chi connectivity index (χ2n) is 2.35. The van der Waals surface area contributed by atoms with Crippen molar-refractivity contribution in [2.45, 2.75) is 19.3 Å². The van der Waals surface area contributed by atoms with Gasteiger partial charge in [-0.15, -0.1) is 6.58 Å². The maximum absolute atomic E-state index is 10.0. The third-order valence-corrected chi connectivity index (χ3v) is 1.29. The van der Waals surface area contributed by atoms with Crippen LogP contribution in [0.3, 0.4) is 0 Å². The number of unbranched alkanes of at least 4 members (excludes halogenated alkanes) is 2. The Morgan fingerprint density at radius 1 is 1.55 bits per heavy atom. The van der Waals surface area contributed by atoms with E-state index in [0.717, 1.165) is 25.8 Å². The fourth-order valence-corrected chi connectivity index (χ4v) is 0.734. The summed E-state index contributed by atoms with van der Waals surface area (Å²) in [6.45, 7) is 4.43. The molecule has 3 heteroatoms. The lowest BCUT2D eigenvalue weighted by Crippen LogP contribution is -2.23. The van der Waals surface area contributed by atoms with E-state index < -0.39 is 5.97 Å². The second-order valence-corrected chi connectivity index (χ2v) is 2.35. The Hall–Kier alpha value is -0.830. The first kappa shape index (κ1) is 10.2. The van der Waals surface area contributed by atoms with Crippen molar-refractivity contribution in [2.75, 3.05) is 13.1 Å². The predicted octanol–water partition coefficient (Wildman–Crippen LogP) is 1.02. The molecule has 0 bridgehead atoms. The molecule has 3 nitrogen and oxygen atoms in total. The lowest BCUT2D eigenvalue weighted by molar-refractivity contribution is -0.135. The van der Waals surface area contributed by atoms with Gasteiger partial charge in [0.2, 0.25) is 0 Å². The van der Waals surface area contributed by atoms with Crippen LogP contribution in [0.25, 0.3) is 0 Å². The molecule has 0 aromatic carbocycles. The molecule has 0 amide bonds. The summed E-state index contributed by atoms with van der Waals surface area (Å²) in [5, 5.41) is 11.0. The van der Waals surface area contributed by atoms with Gasteiger partial charge in [-0.2, -0.15) is 0 Å². The molecule has 0 radical (unpaired) electrons. The van der Waals surface area contributed by atoms with Gasteiger partial charge < -0.3 is 10.4 Å². The second kappa shape index (κ2) is 7.28. The van der Waals surface area contributed by atoms with Gasteiger partial charge in [-0.3, -0.25) is 4.79 Å². The Kier molecular flexibility index (Phi) is 6.73. The molecule has 0 fully saturated rings. The van der Waals surface area contributed by atoms with E-state index >= 15 is 0 Å². The molecule has 11 heavy (non-hydrogen) atoms. The smallest absolute Gasteiger partial charge is 0.317 e. The minimum absolute atomic E-state index is 0.0636. The Balaban J connectivity index is 2.90. The fraction of sp³-hybridized carbons (Fsp3) is 0.625. The molecule has 0 rings (SSSR count). The molecular formula is C8H15NO2. The van der Waals surface area contributed by atoms with Crippen molar-refractivity contribution in [1.29, 1.82) is 0 Å². The lowest BCUT2D eigenvalue weighted by Gasteiger charge is -1.98. The number of carboxylic acids is 1. The molecular weight excluding hydrogens is 142 g/mol. The average molecular weight is 157 g/mol. The molecule has 0 aromatic rings. The maximum atomic E-state index is 10.0. The standard InChI is InChI=1S/C8H15NO2/c1-2-3-4-5-6-9-7-8(10)11/h2,9H,1,3-7H2,(H,10,11). The number of carbonyl (C=O) groups is 1. The normalized spacial score (nSPS) is 9.45. The minimum Gasteiger partial charge on any atom is -0.480 e. The summed E-state index contributed by atoms with van der Waals surface area (Å²) in [6.07, 6.45) is 4.97. The fourth-order valence-electron chi connectivity index (χ4n) is 0.734. The number of hydrogen-bond acceptors (Lipinski definition) is 2. The van der Waals surface area contributed by atoms with Gasteiger partial charge in [0.1, 0.15) is 0 Å². The van der Waals surface area contributed by atoms with Gasteiger partial charge in [-0.25, -0.2) is 0 Å². The maximum Gasteiger partial charge on any atom is 0.317 e. The van der Waals surface area contributed by atoms with Crippen molar-refractivity contribution in [3.05, 3.63) is 12.7 Å². The van der Waals surface area contributed by atoms with Gasteiger partial charge in [0.05, 0.1) is 6.54 Å². The van der Waals surface area contributed by atoms with Crippen LogP contribution in [0.15, 0.2) is 12.7 Å². The van der Waals surface area contributed by atoms with Crippen LogP contribution in [0, 0.1) is 0 Å². The van der Waals surface area contributed by atoms with Crippen molar-refractivity contribution >= 4 is 5.97 Å². The number of allylic oxidation sites excluding steroid dienone is 1. The number of rotatable bonds is 7. The number of carboxylic acid groups (broad SMARTS) is 1. The van der Waals surface area contributed by atoms with E-state index in [1.807, 2.05) is 6.08 Å². The quantitative estimate of drug-likeness (QED) is 0.428. The summed E-state index contributed by atoms with van der Waals surface area (Å²) in [7, 11) is 0. The number of hydrogen-bond donors (Lipinski definition) is 2. The average Bonchev–Trinajstić information content (AvgIpc) is 1.96. The Morgan fingerprint density at radius 3 is 2.82 bits per heavy atom. The Morgan fingerprint density at radius 2 is 2.27 bits per heavy atom. The van der Waals surface area contributed by atoms with Crippen LogP contribution in [0.2, 0.25) is 0 Å². The highest BCUT2D eigenvalue weighted by Crippen LogP contribution is 1.92. The molecule has 64 valence electrons. The molecule has 0 aliphatic carbocycles. The molecule has 0 saturated heterocycles. The van der Waals surface area contributed by atoms with Crippen molar-refractivity contribution < 1.29 is 9.90 Å². The van der Waals surface area contributed by atoms with Gasteiger partial charge in [-0.1, -0.05) is 6.08 Å². The van der Waals surface area contributed by atoms with Gasteiger partial charge in [-0.05, 0) is 25.8 Å². The van der Waals surface area contributed by atoms with Crippen LogP contribution in [-0.4, -0.2) is 24.2 Å². The predicted molar refractivity (Wildman–Crippen MR) is 44.6 cm³/mol. The number of nitrogens with one attached hydrogen (secondary N) is 1. The first-order chi connectivity index (χ1) is 5.27. The van der Waals surface area contributed by atoms with E-state index in [0.29, 0.717) is 0 Å². The van der Waals surface area contributed by atoms with Crippen molar-refractivity contribution in [2.24, 2.45) is 0 Å². The van der Waals surface area contributed by atoms with Crippen LogP contribution < -0.4 is 5.32 Å². The minimum atomic E-state index is -0.797.